The quantitative estimate of drug-likeness (QED) is 0.767. The van der Waals surface area contributed by atoms with Crippen LogP contribution in [0.5, 0.6) is 5.75 Å². The van der Waals surface area contributed by atoms with Crippen LogP contribution >= 0.6 is 0 Å². The standard InChI is InChI=1S/C17H25N3O2/c1-3-8-18-17(21)14-20-11-9-19(10-12-20)13-15-6-4-5-7-16(15)22-2/h3-7H,1,8-14H2,2H3,(H,18,21). The van der Waals surface area contributed by atoms with Crippen LogP contribution in [0.25, 0.3) is 0 Å². The summed E-state index contributed by atoms with van der Waals surface area (Å²) in [5.74, 6) is 1.01. The minimum atomic E-state index is 0.0677. The Morgan fingerprint density at radius 1 is 1.27 bits per heavy atom. The lowest BCUT2D eigenvalue weighted by Gasteiger charge is -2.34. The van der Waals surface area contributed by atoms with Crippen molar-refractivity contribution in [1.82, 2.24) is 15.1 Å². The van der Waals surface area contributed by atoms with E-state index >= 15 is 0 Å². The third-order valence-corrected chi connectivity index (χ3v) is 3.86. The summed E-state index contributed by atoms with van der Waals surface area (Å²) in [7, 11) is 1.71. The first kappa shape index (κ1) is 16.5. The van der Waals surface area contributed by atoms with Gasteiger partial charge in [-0.2, -0.15) is 0 Å². The molecule has 0 spiro atoms. The van der Waals surface area contributed by atoms with E-state index in [9.17, 15) is 4.79 Å². The molecule has 120 valence electrons. The molecule has 1 heterocycles. The molecule has 22 heavy (non-hydrogen) atoms. The van der Waals surface area contributed by atoms with Gasteiger partial charge in [-0.15, -0.1) is 6.58 Å². The number of para-hydroxylation sites is 1. The van der Waals surface area contributed by atoms with Gasteiger partial charge in [-0.25, -0.2) is 0 Å². The first-order valence-corrected chi connectivity index (χ1v) is 7.67. The van der Waals surface area contributed by atoms with Gasteiger partial charge in [0.25, 0.3) is 0 Å². The van der Waals surface area contributed by atoms with E-state index in [1.807, 2.05) is 18.2 Å². The molecule has 1 aromatic carbocycles. The van der Waals surface area contributed by atoms with Crippen LogP contribution in [0.2, 0.25) is 0 Å². The van der Waals surface area contributed by atoms with Crippen molar-refractivity contribution in [1.29, 1.82) is 0 Å². The number of nitrogens with one attached hydrogen (secondary N) is 1. The van der Waals surface area contributed by atoms with Gasteiger partial charge in [0.1, 0.15) is 5.75 Å². The van der Waals surface area contributed by atoms with Crippen molar-refractivity contribution in [3.05, 3.63) is 42.5 Å². The molecule has 5 heteroatoms. The van der Waals surface area contributed by atoms with Crippen LogP contribution in [0.1, 0.15) is 5.56 Å². The summed E-state index contributed by atoms with van der Waals surface area (Å²) in [5, 5.41) is 2.82. The smallest absolute Gasteiger partial charge is 0.234 e. The Kier molecular flexibility index (Phi) is 6.43. The lowest BCUT2D eigenvalue weighted by molar-refractivity contribution is -0.122. The van der Waals surface area contributed by atoms with Gasteiger partial charge in [0.05, 0.1) is 13.7 Å². The molecule has 0 unspecified atom stereocenters. The highest BCUT2D eigenvalue weighted by Crippen LogP contribution is 2.19. The van der Waals surface area contributed by atoms with Crippen LogP contribution < -0.4 is 10.1 Å². The number of methoxy groups -OCH3 is 1. The molecule has 0 aliphatic carbocycles. The normalized spacial score (nSPS) is 16.2. The summed E-state index contributed by atoms with van der Waals surface area (Å²) < 4.78 is 5.40. The van der Waals surface area contributed by atoms with Crippen molar-refractivity contribution in [3.63, 3.8) is 0 Å². The van der Waals surface area contributed by atoms with E-state index in [2.05, 4.69) is 27.8 Å². The molecule has 1 aliphatic heterocycles. The molecular weight excluding hydrogens is 278 g/mol. The maximum atomic E-state index is 11.7. The van der Waals surface area contributed by atoms with Gasteiger partial charge in [0.15, 0.2) is 0 Å². The van der Waals surface area contributed by atoms with Crippen LogP contribution in [0, 0.1) is 0 Å². The summed E-state index contributed by atoms with van der Waals surface area (Å²) in [6.45, 7) is 9.25. The van der Waals surface area contributed by atoms with Crippen LogP contribution in [0.15, 0.2) is 36.9 Å². The number of hydrogen-bond acceptors (Lipinski definition) is 4. The van der Waals surface area contributed by atoms with Crippen molar-refractivity contribution in [2.45, 2.75) is 6.54 Å². The first-order valence-electron chi connectivity index (χ1n) is 7.67. The fraction of sp³-hybridized carbons (Fsp3) is 0.471. The van der Waals surface area contributed by atoms with E-state index in [0.717, 1.165) is 38.5 Å². The lowest BCUT2D eigenvalue weighted by Crippen LogP contribution is -2.49. The molecule has 0 radical (unpaired) electrons. The molecule has 0 bridgehead atoms. The average molecular weight is 303 g/mol. The van der Waals surface area contributed by atoms with E-state index in [1.165, 1.54) is 5.56 Å². The molecular formula is C17H25N3O2. The minimum absolute atomic E-state index is 0.0677. The third kappa shape index (κ3) is 4.86. The Hall–Kier alpha value is -1.85. The second kappa shape index (κ2) is 8.56. The number of benzene rings is 1. The van der Waals surface area contributed by atoms with E-state index in [0.29, 0.717) is 13.1 Å². The number of carbonyl (C=O) groups is 1. The molecule has 1 fully saturated rings. The van der Waals surface area contributed by atoms with E-state index in [1.54, 1.807) is 13.2 Å². The van der Waals surface area contributed by atoms with Crippen LogP contribution in [-0.4, -0.2) is 62.1 Å². The number of piperazine rings is 1. The molecule has 2 rings (SSSR count). The summed E-state index contributed by atoms with van der Waals surface area (Å²) >= 11 is 0. The highest BCUT2D eigenvalue weighted by atomic mass is 16.5. The van der Waals surface area contributed by atoms with Crippen molar-refractivity contribution in [3.8, 4) is 5.75 Å². The number of rotatable bonds is 7. The fourth-order valence-electron chi connectivity index (χ4n) is 2.63. The lowest BCUT2D eigenvalue weighted by atomic mass is 10.1. The number of amides is 1. The minimum Gasteiger partial charge on any atom is -0.496 e. The van der Waals surface area contributed by atoms with Crippen LogP contribution in [-0.2, 0) is 11.3 Å². The zero-order valence-corrected chi connectivity index (χ0v) is 13.3. The number of hydrogen-bond donors (Lipinski definition) is 1. The number of nitrogens with zero attached hydrogens (tertiary/aromatic N) is 2. The van der Waals surface area contributed by atoms with Gasteiger partial charge >= 0.3 is 0 Å². The highest BCUT2D eigenvalue weighted by molar-refractivity contribution is 5.78. The maximum Gasteiger partial charge on any atom is 0.234 e. The molecule has 1 N–H and O–H groups in total. The van der Waals surface area contributed by atoms with Crippen molar-refractivity contribution in [2.24, 2.45) is 0 Å². The van der Waals surface area contributed by atoms with Gasteiger partial charge in [-0.05, 0) is 6.07 Å². The van der Waals surface area contributed by atoms with Gasteiger partial charge in [0.2, 0.25) is 5.91 Å². The predicted molar refractivity (Wildman–Crippen MR) is 87.9 cm³/mol. The molecule has 1 saturated heterocycles. The maximum absolute atomic E-state index is 11.7. The third-order valence-electron chi connectivity index (χ3n) is 3.86. The fourth-order valence-corrected chi connectivity index (χ4v) is 2.63. The van der Waals surface area contributed by atoms with Crippen molar-refractivity contribution >= 4 is 5.91 Å². The largest absolute Gasteiger partial charge is 0.496 e. The first-order chi connectivity index (χ1) is 10.7. The average Bonchev–Trinajstić information content (AvgIpc) is 2.55. The number of carbonyl (C=O) groups excluding carboxylic acids is 1. The summed E-state index contributed by atoms with van der Waals surface area (Å²) in [4.78, 5) is 16.3. The topological polar surface area (TPSA) is 44.8 Å². The Morgan fingerprint density at radius 3 is 2.64 bits per heavy atom. The Labute approximate surface area is 132 Å². The number of ether oxygens (including phenoxy) is 1. The van der Waals surface area contributed by atoms with Crippen molar-refractivity contribution < 1.29 is 9.53 Å². The van der Waals surface area contributed by atoms with E-state index in [-0.39, 0.29) is 5.91 Å². The zero-order chi connectivity index (χ0) is 15.8. The second-order valence-electron chi connectivity index (χ2n) is 5.46. The zero-order valence-electron chi connectivity index (χ0n) is 13.3. The van der Waals surface area contributed by atoms with Crippen LogP contribution in [0.3, 0.4) is 0 Å². The van der Waals surface area contributed by atoms with E-state index in [4.69, 9.17) is 4.74 Å². The highest BCUT2D eigenvalue weighted by Gasteiger charge is 2.19. The molecule has 0 atom stereocenters. The van der Waals surface area contributed by atoms with Gasteiger partial charge < -0.3 is 10.1 Å². The van der Waals surface area contributed by atoms with Gasteiger partial charge in [-0.3, -0.25) is 14.6 Å². The molecule has 0 saturated carbocycles. The predicted octanol–water partition coefficient (Wildman–Crippen LogP) is 1.12. The molecule has 0 aromatic heterocycles. The Bertz CT molecular complexity index is 496. The molecule has 5 nitrogen and oxygen atoms in total. The van der Waals surface area contributed by atoms with Gasteiger partial charge in [0, 0.05) is 44.8 Å². The summed E-state index contributed by atoms with van der Waals surface area (Å²) in [6, 6.07) is 8.13. The summed E-state index contributed by atoms with van der Waals surface area (Å²) in [5.41, 5.74) is 1.21. The molecule has 1 aliphatic rings. The van der Waals surface area contributed by atoms with E-state index < -0.39 is 0 Å². The van der Waals surface area contributed by atoms with Crippen molar-refractivity contribution in [2.75, 3.05) is 46.4 Å². The Morgan fingerprint density at radius 2 is 1.95 bits per heavy atom. The van der Waals surface area contributed by atoms with Gasteiger partial charge in [-0.1, -0.05) is 24.3 Å². The Balaban J connectivity index is 1.77. The monoisotopic (exact) mass is 303 g/mol. The molecule has 1 aromatic rings. The second-order valence-corrected chi connectivity index (χ2v) is 5.46. The summed E-state index contributed by atoms with van der Waals surface area (Å²) in [6.07, 6.45) is 1.70. The SMILES string of the molecule is C=CCNC(=O)CN1CCN(Cc2ccccc2OC)CC1. The molecule has 1 amide bonds. The van der Waals surface area contributed by atoms with Crippen LogP contribution in [0.4, 0.5) is 0 Å².